The molecule has 0 saturated heterocycles. The van der Waals surface area contributed by atoms with Crippen LogP contribution in [0.15, 0.2) is 11.1 Å². The summed E-state index contributed by atoms with van der Waals surface area (Å²) in [5.41, 5.74) is 1.52. The van der Waals surface area contributed by atoms with Gasteiger partial charge >= 0.3 is 0 Å². The highest BCUT2D eigenvalue weighted by Crippen LogP contribution is 2.59. The van der Waals surface area contributed by atoms with Crippen LogP contribution >= 0.6 is 0 Å². The second-order valence-corrected chi connectivity index (χ2v) is 6.99. The van der Waals surface area contributed by atoms with Crippen molar-refractivity contribution in [1.82, 2.24) is 0 Å². The Morgan fingerprint density at radius 2 is 1.78 bits per heavy atom. The molecule has 18 heavy (non-hydrogen) atoms. The standard InChI is InChI=1S/C15H26O3/c1-9-10(8-16)15(4)7-5-6-14(2,3)13(15)12(18)11(9)17/h11-13,16-18H,5-8H2,1-4H3/t11-,12+,13+,15+/m1/s1. The molecule has 3 N–H and O–H groups in total. The Hall–Kier alpha value is -0.380. The van der Waals surface area contributed by atoms with Gasteiger partial charge in [-0.3, -0.25) is 0 Å². The fourth-order valence-corrected chi connectivity index (χ4v) is 4.64. The van der Waals surface area contributed by atoms with E-state index in [-0.39, 0.29) is 23.4 Å². The molecule has 4 atom stereocenters. The summed E-state index contributed by atoms with van der Waals surface area (Å²) in [5, 5.41) is 30.4. The molecule has 0 bridgehead atoms. The molecule has 0 heterocycles. The molecule has 0 spiro atoms. The van der Waals surface area contributed by atoms with Crippen molar-refractivity contribution in [2.75, 3.05) is 6.61 Å². The first-order chi connectivity index (χ1) is 8.25. The van der Waals surface area contributed by atoms with Crippen molar-refractivity contribution in [2.45, 2.75) is 59.2 Å². The zero-order valence-electron chi connectivity index (χ0n) is 11.9. The lowest BCUT2D eigenvalue weighted by Crippen LogP contribution is -2.57. The van der Waals surface area contributed by atoms with Crippen molar-refractivity contribution in [3.8, 4) is 0 Å². The lowest BCUT2D eigenvalue weighted by molar-refractivity contribution is -0.118. The Bertz CT molecular complexity index is 372. The summed E-state index contributed by atoms with van der Waals surface area (Å²) >= 11 is 0. The Kier molecular flexibility index (Phi) is 3.37. The predicted octanol–water partition coefficient (Wildman–Crippen LogP) is 1.86. The highest BCUT2D eigenvalue weighted by atomic mass is 16.3. The summed E-state index contributed by atoms with van der Waals surface area (Å²) in [6, 6.07) is 0. The van der Waals surface area contributed by atoms with Crippen molar-refractivity contribution in [2.24, 2.45) is 16.7 Å². The maximum absolute atomic E-state index is 10.5. The van der Waals surface area contributed by atoms with Gasteiger partial charge in [0.2, 0.25) is 0 Å². The second kappa shape index (κ2) is 4.32. The first-order valence-electron chi connectivity index (χ1n) is 6.93. The fourth-order valence-electron chi connectivity index (χ4n) is 4.64. The van der Waals surface area contributed by atoms with E-state index in [1.54, 1.807) is 0 Å². The third kappa shape index (κ3) is 1.75. The highest BCUT2D eigenvalue weighted by molar-refractivity contribution is 5.32. The molecule has 2 aliphatic carbocycles. The summed E-state index contributed by atoms with van der Waals surface area (Å²) in [6.07, 6.45) is 1.61. The average Bonchev–Trinajstić information content (AvgIpc) is 2.25. The van der Waals surface area contributed by atoms with Gasteiger partial charge in [-0.25, -0.2) is 0 Å². The van der Waals surface area contributed by atoms with Crippen LogP contribution in [-0.2, 0) is 0 Å². The molecule has 0 aromatic heterocycles. The predicted molar refractivity (Wildman–Crippen MR) is 71.0 cm³/mol. The van der Waals surface area contributed by atoms with Gasteiger partial charge in [0.05, 0.1) is 12.7 Å². The molecule has 0 unspecified atom stereocenters. The van der Waals surface area contributed by atoms with E-state index < -0.39 is 12.2 Å². The van der Waals surface area contributed by atoms with Gasteiger partial charge in [-0.15, -0.1) is 0 Å². The Morgan fingerprint density at radius 1 is 1.17 bits per heavy atom. The monoisotopic (exact) mass is 254 g/mol. The van der Waals surface area contributed by atoms with E-state index in [0.29, 0.717) is 0 Å². The van der Waals surface area contributed by atoms with Gasteiger partial charge in [0, 0.05) is 5.92 Å². The third-order valence-corrected chi connectivity index (χ3v) is 5.48. The maximum atomic E-state index is 10.5. The first-order valence-corrected chi connectivity index (χ1v) is 6.93. The Morgan fingerprint density at radius 3 is 2.33 bits per heavy atom. The maximum Gasteiger partial charge on any atom is 0.101 e. The molecule has 104 valence electrons. The van der Waals surface area contributed by atoms with Gasteiger partial charge < -0.3 is 15.3 Å². The Balaban J connectivity index is 2.57. The topological polar surface area (TPSA) is 60.7 Å². The molecule has 0 radical (unpaired) electrons. The van der Waals surface area contributed by atoms with Crippen LogP contribution in [0.5, 0.6) is 0 Å². The van der Waals surface area contributed by atoms with Crippen LogP contribution < -0.4 is 0 Å². The number of fused-ring (bicyclic) bond motifs is 1. The number of hydrogen-bond acceptors (Lipinski definition) is 3. The van der Waals surface area contributed by atoms with Crippen LogP contribution in [0, 0.1) is 16.7 Å². The zero-order chi connectivity index (χ0) is 13.7. The molecular formula is C15H26O3. The van der Waals surface area contributed by atoms with Crippen LogP contribution in [0.25, 0.3) is 0 Å². The van der Waals surface area contributed by atoms with Crippen LogP contribution in [-0.4, -0.2) is 34.1 Å². The van der Waals surface area contributed by atoms with Crippen molar-refractivity contribution in [1.29, 1.82) is 0 Å². The van der Waals surface area contributed by atoms with Crippen molar-refractivity contribution in [3.63, 3.8) is 0 Å². The number of aliphatic hydroxyl groups is 3. The quantitative estimate of drug-likeness (QED) is 0.626. The summed E-state index contributed by atoms with van der Waals surface area (Å²) in [5.74, 6) is 0.0135. The van der Waals surface area contributed by atoms with Gasteiger partial charge in [0.15, 0.2) is 0 Å². The summed E-state index contributed by atoms with van der Waals surface area (Å²) in [4.78, 5) is 0. The first kappa shape index (κ1) is 14.0. The van der Waals surface area contributed by atoms with Crippen molar-refractivity contribution in [3.05, 3.63) is 11.1 Å². The molecule has 0 amide bonds. The number of rotatable bonds is 1. The summed E-state index contributed by atoms with van der Waals surface area (Å²) < 4.78 is 0. The van der Waals surface area contributed by atoms with Crippen LogP contribution in [0.3, 0.4) is 0 Å². The van der Waals surface area contributed by atoms with E-state index in [4.69, 9.17) is 0 Å². The van der Waals surface area contributed by atoms with Crippen LogP contribution in [0.4, 0.5) is 0 Å². The van der Waals surface area contributed by atoms with E-state index in [9.17, 15) is 15.3 Å². The molecule has 3 nitrogen and oxygen atoms in total. The lowest BCUT2D eigenvalue weighted by Gasteiger charge is -2.57. The van der Waals surface area contributed by atoms with E-state index in [1.807, 2.05) is 6.92 Å². The number of hydrogen-bond donors (Lipinski definition) is 3. The summed E-state index contributed by atoms with van der Waals surface area (Å²) in [6.45, 7) is 8.30. The minimum atomic E-state index is -0.831. The van der Waals surface area contributed by atoms with E-state index >= 15 is 0 Å². The minimum absolute atomic E-state index is 0.00544. The van der Waals surface area contributed by atoms with Crippen molar-refractivity contribution >= 4 is 0 Å². The molecule has 1 fully saturated rings. The normalized spacial score (nSPS) is 43.8. The van der Waals surface area contributed by atoms with Gasteiger partial charge in [0.1, 0.15) is 6.10 Å². The number of aliphatic hydroxyl groups excluding tert-OH is 3. The van der Waals surface area contributed by atoms with Gasteiger partial charge in [-0.1, -0.05) is 27.2 Å². The van der Waals surface area contributed by atoms with Gasteiger partial charge in [-0.2, -0.15) is 0 Å². The summed E-state index contributed by atoms with van der Waals surface area (Å²) in [7, 11) is 0. The minimum Gasteiger partial charge on any atom is -0.392 e. The molecule has 2 aliphatic rings. The molecule has 0 aromatic rings. The SMILES string of the molecule is CC1=C(CO)[C@]2(C)CCCC(C)(C)[C@@H]2[C@@H](O)[C@@H]1O. The molecule has 2 rings (SSSR count). The third-order valence-electron chi connectivity index (χ3n) is 5.48. The fraction of sp³-hybridized carbons (Fsp3) is 0.867. The second-order valence-electron chi connectivity index (χ2n) is 6.99. The Labute approximate surface area is 110 Å². The largest absolute Gasteiger partial charge is 0.392 e. The molecular weight excluding hydrogens is 228 g/mol. The average molecular weight is 254 g/mol. The smallest absolute Gasteiger partial charge is 0.101 e. The van der Waals surface area contributed by atoms with E-state index in [1.165, 1.54) is 0 Å². The van der Waals surface area contributed by atoms with Crippen molar-refractivity contribution < 1.29 is 15.3 Å². The zero-order valence-corrected chi connectivity index (χ0v) is 11.9. The molecule has 3 heteroatoms. The van der Waals surface area contributed by atoms with E-state index in [2.05, 4.69) is 20.8 Å². The molecule has 0 aromatic carbocycles. The lowest BCUT2D eigenvalue weighted by atomic mass is 9.49. The molecule has 1 saturated carbocycles. The van der Waals surface area contributed by atoms with Gasteiger partial charge in [-0.05, 0) is 41.7 Å². The van der Waals surface area contributed by atoms with Gasteiger partial charge in [0.25, 0.3) is 0 Å². The van der Waals surface area contributed by atoms with Crippen LogP contribution in [0.1, 0.15) is 47.0 Å². The highest BCUT2D eigenvalue weighted by Gasteiger charge is 2.56. The molecule has 0 aliphatic heterocycles. The van der Waals surface area contributed by atoms with Crippen LogP contribution in [0.2, 0.25) is 0 Å². The van der Waals surface area contributed by atoms with E-state index in [0.717, 1.165) is 30.4 Å².